The maximum absolute atomic E-state index is 11.9. The molecule has 0 saturated carbocycles. The van der Waals surface area contributed by atoms with E-state index in [9.17, 15) is 9.59 Å². The Labute approximate surface area is 110 Å². The van der Waals surface area contributed by atoms with Crippen molar-refractivity contribution in [1.29, 1.82) is 0 Å². The highest BCUT2D eigenvalue weighted by Gasteiger charge is 2.11. The Morgan fingerprint density at radius 2 is 2.21 bits per heavy atom. The minimum Gasteiger partial charge on any atom is -0.364 e. The molecule has 0 aliphatic rings. The second-order valence-corrected chi connectivity index (χ2v) is 4.46. The summed E-state index contributed by atoms with van der Waals surface area (Å²) < 4.78 is 1.74. The number of hydrogen-bond donors (Lipinski definition) is 2. The van der Waals surface area contributed by atoms with Crippen LogP contribution in [0.25, 0.3) is 0 Å². The van der Waals surface area contributed by atoms with Gasteiger partial charge in [-0.3, -0.25) is 14.3 Å². The zero-order valence-corrected chi connectivity index (χ0v) is 11.2. The number of hydrogen-bond acceptors (Lipinski definition) is 3. The summed E-state index contributed by atoms with van der Waals surface area (Å²) in [5, 5.41) is 6.81. The van der Waals surface area contributed by atoms with Crippen LogP contribution in [0.5, 0.6) is 0 Å². The van der Waals surface area contributed by atoms with Gasteiger partial charge < -0.3 is 10.3 Å². The lowest BCUT2D eigenvalue weighted by atomic mass is 10.2. The number of aromatic amines is 1. The maximum atomic E-state index is 11.9. The fourth-order valence-corrected chi connectivity index (χ4v) is 1.74. The Kier molecular flexibility index (Phi) is 3.50. The van der Waals surface area contributed by atoms with Gasteiger partial charge in [-0.25, -0.2) is 0 Å². The molecular weight excluding hydrogens is 244 g/mol. The summed E-state index contributed by atoms with van der Waals surface area (Å²) >= 11 is 0. The highest BCUT2D eigenvalue weighted by atomic mass is 16.2. The van der Waals surface area contributed by atoms with Crippen LogP contribution in [0.1, 0.15) is 27.3 Å². The van der Waals surface area contributed by atoms with Crippen molar-refractivity contribution in [2.24, 2.45) is 7.05 Å². The Balaban J connectivity index is 2.10. The molecule has 0 atom stereocenters. The third-order valence-corrected chi connectivity index (χ3v) is 3.08. The van der Waals surface area contributed by atoms with Crippen molar-refractivity contribution in [2.45, 2.75) is 20.4 Å². The Hall–Kier alpha value is -2.37. The van der Waals surface area contributed by atoms with Gasteiger partial charge in [0, 0.05) is 42.8 Å². The van der Waals surface area contributed by atoms with Crippen LogP contribution in [0, 0.1) is 13.8 Å². The van der Waals surface area contributed by atoms with Crippen molar-refractivity contribution >= 4 is 5.91 Å². The van der Waals surface area contributed by atoms with Crippen molar-refractivity contribution in [2.75, 3.05) is 0 Å². The van der Waals surface area contributed by atoms with Crippen LogP contribution in [0.3, 0.4) is 0 Å². The molecule has 2 rings (SSSR count). The first-order chi connectivity index (χ1) is 8.99. The smallest absolute Gasteiger partial charge is 0.257 e. The van der Waals surface area contributed by atoms with Crippen LogP contribution in [0.4, 0.5) is 0 Å². The van der Waals surface area contributed by atoms with Gasteiger partial charge in [-0.05, 0) is 13.8 Å². The topological polar surface area (TPSA) is 79.8 Å². The number of carbonyl (C=O) groups is 1. The summed E-state index contributed by atoms with van der Waals surface area (Å²) in [4.78, 5) is 26.4. The monoisotopic (exact) mass is 260 g/mol. The molecule has 1 amide bonds. The molecule has 2 heterocycles. The average molecular weight is 260 g/mol. The molecule has 0 radical (unpaired) electrons. The minimum absolute atomic E-state index is 0.118. The number of nitrogens with one attached hydrogen (secondary N) is 2. The quantitative estimate of drug-likeness (QED) is 0.850. The predicted octanol–water partition coefficient (Wildman–Crippen LogP) is 0.655. The molecule has 0 unspecified atom stereocenters. The Morgan fingerprint density at radius 1 is 1.47 bits per heavy atom. The SMILES string of the molecule is Cc1cc(=O)c(C(=O)NCc2cnn(C)c2C)c[nH]1. The van der Waals surface area contributed by atoms with Gasteiger partial charge in [-0.15, -0.1) is 0 Å². The van der Waals surface area contributed by atoms with Crippen molar-refractivity contribution in [3.05, 3.63) is 51.2 Å². The number of aryl methyl sites for hydroxylation is 2. The first kappa shape index (κ1) is 13.1. The highest BCUT2D eigenvalue weighted by molar-refractivity contribution is 5.93. The molecule has 0 aromatic carbocycles. The molecule has 6 heteroatoms. The van der Waals surface area contributed by atoms with E-state index in [1.807, 2.05) is 14.0 Å². The summed E-state index contributed by atoms with van der Waals surface area (Å²) in [6.45, 7) is 4.04. The standard InChI is InChI=1S/C13H16N4O2/c1-8-4-12(18)11(7-14-8)13(19)15-5-10-6-16-17(3)9(10)2/h4,6-7H,5H2,1-3H3,(H,14,18)(H,15,19). The van der Waals surface area contributed by atoms with E-state index >= 15 is 0 Å². The molecule has 0 fully saturated rings. The summed E-state index contributed by atoms with van der Waals surface area (Å²) in [5.41, 5.74) is 2.48. The van der Waals surface area contributed by atoms with Crippen molar-refractivity contribution in [1.82, 2.24) is 20.1 Å². The Bertz CT molecular complexity index is 670. The molecule has 0 aliphatic carbocycles. The average Bonchev–Trinajstić information content (AvgIpc) is 2.67. The van der Waals surface area contributed by atoms with Gasteiger partial charge in [0.25, 0.3) is 5.91 Å². The van der Waals surface area contributed by atoms with Crippen molar-refractivity contribution in [3.8, 4) is 0 Å². The zero-order valence-electron chi connectivity index (χ0n) is 11.2. The highest BCUT2D eigenvalue weighted by Crippen LogP contribution is 2.05. The van der Waals surface area contributed by atoms with Crippen molar-refractivity contribution < 1.29 is 4.79 Å². The molecule has 6 nitrogen and oxygen atoms in total. The van der Waals surface area contributed by atoms with E-state index < -0.39 is 0 Å². The number of amides is 1. The molecule has 100 valence electrons. The van der Waals surface area contributed by atoms with Gasteiger partial charge in [-0.1, -0.05) is 0 Å². The number of carbonyl (C=O) groups excluding carboxylic acids is 1. The van der Waals surface area contributed by atoms with Gasteiger partial charge in [0.15, 0.2) is 5.43 Å². The lowest BCUT2D eigenvalue weighted by Crippen LogP contribution is -2.28. The fraction of sp³-hybridized carbons (Fsp3) is 0.308. The van der Waals surface area contributed by atoms with Crippen LogP contribution in [-0.2, 0) is 13.6 Å². The van der Waals surface area contributed by atoms with E-state index in [1.54, 1.807) is 17.8 Å². The second kappa shape index (κ2) is 5.09. The Morgan fingerprint density at radius 3 is 2.79 bits per heavy atom. The van der Waals surface area contributed by atoms with E-state index in [4.69, 9.17) is 0 Å². The molecule has 0 bridgehead atoms. The van der Waals surface area contributed by atoms with Crippen LogP contribution in [-0.4, -0.2) is 20.7 Å². The van der Waals surface area contributed by atoms with Gasteiger partial charge in [0.2, 0.25) is 0 Å². The summed E-state index contributed by atoms with van der Waals surface area (Å²) in [7, 11) is 1.84. The van der Waals surface area contributed by atoms with Crippen molar-refractivity contribution in [3.63, 3.8) is 0 Å². The zero-order chi connectivity index (χ0) is 14.0. The van der Waals surface area contributed by atoms with Gasteiger partial charge in [-0.2, -0.15) is 5.10 Å². The fourth-order valence-electron chi connectivity index (χ4n) is 1.74. The normalized spacial score (nSPS) is 10.5. The molecule has 2 N–H and O–H groups in total. The minimum atomic E-state index is -0.385. The third-order valence-electron chi connectivity index (χ3n) is 3.08. The molecule has 2 aromatic heterocycles. The predicted molar refractivity (Wildman–Crippen MR) is 70.9 cm³/mol. The summed E-state index contributed by atoms with van der Waals surface area (Å²) in [5.74, 6) is -0.385. The van der Waals surface area contributed by atoms with E-state index in [0.717, 1.165) is 17.0 Å². The number of nitrogens with zero attached hydrogens (tertiary/aromatic N) is 2. The number of aromatic nitrogens is 3. The molecule has 2 aromatic rings. The van der Waals surface area contributed by atoms with E-state index in [2.05, 4.69) is 15.4 Å². The number of rotatable bonds is 3. The number of pyridine rings is 1. The summed E-state index contributed by atoms with van der Waals surface area (Å²) in [6, 6.07) is 1.41. The van der Waals surface area contributed by atoms with E-state index in [0.29, 0.717) is 6.54 Å². The molecule has 0 spiro atoms. The van der Waals surface area contributed by atoms with Crippen LogP contribution in [0.2, 0.25) is 0 Å². The van der Waals surface area contributed by atoms with Crippen LogP contribution in [0.15, 0.2) is 23.3 Å². The summed E-state index contributed by atoms with van der Waals surface area (Å²) in [6.07, 6.45) is 3.14. The largest absolute Gasteiger partial charge is 0.364 e. The lowest BCUT2D eigenvalue weighted by molar-refractivity contribution is 0.0949. The van der Waals surface area contributed by atoms with Crippen LogP contribution < -0.4 is 10.7 Å². The molecule has 0 saturated heterocycles. The van der Waals surface area contributed by atoms with E-state index in [-0.39, 0.29) is 16.9 Å². The molecular formula is C13H16N4O2. The molecule has 0 aliphatic heterocycles. The maximum Gasteiger partial charge on any atom is 0.257 e. The first-order valence-electron chi connectivity index (χ1n) is 5.94. The third kappa shape index (κ3) is 2.73. The van der Waals surface area contributed by atoms with Crippen LogP contribution >= 0.6 is 0 Å². The van der Waals surface area contributed by atoms with Gasteiger partial charge in [0.1, 0.15) is 5.56 Å². The lowest BCUT2D eigenvalue weighted by Gasteiger charge is -2.05. The number of H-pyrrole nitrogens is 1. The molecule has 19 heavy (non-hydrogen) atoms. The van der Waals surface area contributed by atoms with Gasteiger partial charge >= 0.3 is 0 Å². The first-order valence-corrected chi connectivity index (χ1v) is 5.94. The van der Waals surface area contributed by atoms with E-state index in [1.165, 1.54) is 12.3 Å². The second-order valence-electron chi connectivity index (χ2n) is 4.46. The van der Waals surface area contributed by atoms with Gasteiger partial charge in [0.05, 0.1) is 6.20 Å².